The van der Waals surface area contributed by atoms with Gasteiger partial charge in [-0.3, -0.25) is 4.79 Å². The molecule has 0 aromatic heterocycles. The molecule has 0 saturated carbocycles. The fourth-order valence-electron chi connectivity index (χ4n) is 1.62. The van der Waals surface area contributed by atoms with E-state index in [-0.39, 0.29) is 12.5 Å². The largest absolute Gasteiger partial charge is 0.416 e. The molecule has 0 radical (unpaired) electrons. The summed E-state index contributed by atoms with van der Waals surface area (Å²) in [4.78, 5) is 11.6. The number of amides is 1. The summed E-state index contributed by atoms with van der Waals surface area (Å²) >= 11 is 0. The number of hydrogen-bond donors (Lipinski definition) is 2. The van der Waals surface area contributed by atoms with Crippen molar-refractivity contribution in [2.24, 2.45) is 0 Å². The number of halogens is 3. The summed E-state index contributed by atoms with van der Waals surface area (Å²) in [5, 5.41) is 5.63. The Morgan fingerprint density at radius 3 is 2.65 bits per heavy atom. The highest BCUT2D eigenvalue weighted by molar-refractivity contribution is 5.81. The van der Waals surface area contributed by atoms with Crippen LogP contribution in [0.5, 0.6) is 0 Å². The minimum absolute atomic E-state index is 0.154. The van der Waals surface area contributed by atoms with Gasteiger partial charge in [0, 0.05) is 13.1 Å². The Kier molecular flexibility index (Phi) is 6.01. The maximum absolute atomic E-state index is 12.5. The normalized spacial score (nSPS) is 13.1. The van der Waals surface area contributed by atoms with Gasteiger partial charge < -0.3 is 10.6 Å². The van der Waals surface area contributed by atoms with Crippen LogP contribution < -0.4 is 10.6 Å². The lowest BCUT2D eigenvalue weighted by molar-refractivity contribution is -0.137. The fraction of sp³-hybridized carbons (Fsp3) is 0.500. The quantitative estimate of drug-likeness (QED) is 0.845. The standard InChI is InChI=1S/C14H19F3N2O/c1-3-7-18-13(20)10(2)19-9-11-5-4-6-12(8-11)14(15,16)17/h4-6,8,10,19H,3,7,9H2,1-2H3,(H,18,20). The molecule has 2 N–H and O–H groups in total. The van der Waals surface area contributed by atoms with E-state index in [0.717, 1.165) is 18.6 Å². The second-order valence-electron chi connectivity index (χ2n) is 4.59. The Labute approximate surface area is 116 Å². The summed E-state index contributed by atoms with van der Waals surface area (Å²) < 4.78 is 37.6. The van der Waals surface area contributed by atoms with Gasteiger partial charge in [0.25, 0.3) is 0 Å². The van der Waals surface area contributed by atoms with E-state index >= 15 is 0 Å². The second-order valence-corrected chi connectivity index (χ2v) is 4.59. The first-order valence-corrected chi connectivity index (χ1v) is 6.51. The molecular formula is C14H19F3N2O. The molecular weight excluding hydrogens is 269 g/mol. The van der Waals surface area contributed by atoms with Crippen molar-refractivity contribution in [1.29, 1.82) is 0 Å². The average molecular weight is 288 g/mol. The first-order chi connectivity index (χ1) is 9.34. The molecule has 6 heteroatoms. The number of hydrogen-bond acceptors (Lipinski definition) is 2. The van der Waals surface area contributed by atoms with E-state index in [2.05, 4.69) is 10.6 Å². The molecule has 0 fully saturated rings. The van der Waals surface area contributed by atoms with Crippen LogP contribution in [-0.2, 0) is 17.5 Å². The van der Waals surface area contributed by atoms with Crippen LogP contribution in [-0.4, -0.2) is 18.5 Å². The van der Waals surface area contributed by atoms with Gasteiger partial charge in [-0.15, -0.1) is 0 Å². The second kappa shape index (κ2) is 7.28. The predicted molar refractivity (Wildman–Crippen MR) is 71.0 cm³/mol. The topological polar surface area (TPSA) is 41.1 Å². The van der Waals surface area contributed by atoms with Gasteiger partial charge in [-0.05, 0) is 25.0 Å². The van der Waals surface area contributed by atoms with Gasteiger partial charge in [-0.1, -0.05) is 25.1 Å². The molecule has 0 saturated heterocycles. The Hall–Kier alpha value is -1.56. The molecule has 112 valence electrons. The summed E-state index contributed by atoms with van der Waals surface area (Å²) in [6.07, 6.45) is -3.51. The van der Waals surface area contributed by atoms with Crippen molar-refractivity contribution < 1.29 is 18.0 Å². The molecule has 1 rings (SSSR count). The number of carbonyl (C=O) groups excluding carboxylic acids is 1. The molecule has 0 aliphatic rings. The Morgan fingerprint density at radius 2 is 2.05 bits per heavy atom. The van der Waals surface area contributed by atoms with Gasteiger partial charge >= 0.3 is 6.18 Å². The van der Waals surface area contributed by atoms with Gasteiger partial charge in [-0.2, -0.15) is 13.2 Å². The van der Waals surface area contributed by atoms with E-state index < -0.39 is 17.8 Å². The molecule has 3 nitrogen and oxygen atoms in total. The molecule has 20 heavy (non-hydrogen) atoms. The third kappa shape index (κ3) is 5.21. The zero-order valence-electron chi connectivity index (χ0n) is 11.6. The highest BCUT2D eigenvalue weighted by Gasteiger charge is 2.30. The number of benzene rings is 1. The third-order valence-corrected chi connectivity index (χ3v) is 2.81. The smallest absolute Gasteiger partial charge is 0.355 e. The van der Waals surface area contributed by atoms with Gasteiger partial charge in [0.2, 0.25) is 5.91 Å². The maximum Gasteiger partial charge on any atom is 0.416 e. The molecule has 1 aromatic rings. The van der Waals surface area contributed by atoms with E-state index in [4.69, 9.17) is 0 Å². The van der Waals surface area contributed by atoms with Crippen LogP contribution in [0.1, 0.15) is 31.4 Å². The van der Waals surface area contributed by atoms with E-state index in [0.29, 0.717) is 12.1 Å². The molecule has 0 heterocycles. The van der Waals surface area contributed by atoms with Crippen LogP contribution in [0.25, 0.3) is 0 Å². The van der Waals surface area contributed by atoms with E-state index in [9.17, 15) is 18.0 Å². The van der Waals surface area contributed by atoms with Crippen molar-refractivity contribution in [2.75, 3.05) is 6.54 Å². The van der Waals surface area contributed by atoms with Gasteiger partial charge in [0.15, 0.2) is 0 Å². The number of rotatable bonds is 6. The summed E-state index contributed by atoms with van der Waals surface area (Å²) in [5.41, 5.74) is -0.185. The lowest BCUT2D eigenvalue weighted by Crippen LogP contribution is -2.42. The van der Waals surface area contributed by atoms with E-state index in [1.54, 1.807) is 13.0 Å². The van der Waals surface area contributed by atoms with Crippen molar-refractivity contribution in [3.8, 4) is 0 Å². The van der Waals surface area contributed by atoms with Crippen molar-refractivity contribution in [1.82, 2.24) is 10.6 Å². The highest BCUT2D eigenvalue weighted by atomic mass is 19.4. The van der Waals surface area contributed by atoms with Crippen LogP contribution in [0.3, 0.4) is 0 Å². The first kappa shape index (κ1) is 16.5. The zero-order chi connectivity index (χ0) is 15.2. The molecule has 1 amide bonds. The summed E-state index contributed by atoms with van der Waals surface area (Å²) in [7, 11) is 0. The van der Waals surface area contributed by atoms with Crippen molar-refractivity contribution in [3.05, 3.63) is 35.4 Å². The van der Waals surface area contributed by atoms with Crippen molar-refractivity contribution >= 4 is 5.91 Å². The highest BCUT2D eigenvalue weighted by Crippen LogP contribution is 2.29. The van der Waals surface area contributed by atoms with Gasteiger partial charge in [0.1, 0.15) is 0 Å². The fourth-order valence-corrected chi connectivity index (χ4v) is 1.62. The van der Waals surface area contributed by atoms with Crippen molar-refractivity contribution in [3.63, 3.8) is 0 Å². The Balaban J connectivity index is 2.55. The third-order valence-electron chi connectivity index (χ3n) is 2.81. The minimum atomic E-state index is -4.35. The Morgan fingerprint density at radius 1 is 1.35 bits per heavy atom. The number of carbonyl (C=O) groups is 1. The molecule has 0 aliphatic heterocycles. The SMILES string of the molecule is CCCNC(=O)C(C)NCc1cccc(C(F)(F)F)c1. The predicted octanol–water partition coefficient (Wildman–Crippen LogP) is 2.71. The molecule has 0 spiro atoms. The lowest BCUT2D eigenvalue weighted by atomic mass is 10.1. The monoisotopic (exact) mass is 288 g/mol. The summed E-state index contributed by atoms with van der Waals surface area (Å²) in [5.74, 6) is -0.154. The van der Waals surface area contributed by atoms with Crippen LogP contribution in [0.2, 0.25) is 0 Å². The maximum atomic E-state index is 12.5. The van der Waals surface area contributed by atoms with Crippen LogP contribution in [0, 0.1) is 0 Å². The van der Waals surface area contributed by atoms with Crippen LogP contribution in [0.15, 0.2) is 24.3 Å². The minimum Gasteiger partial charge on any atom is -0.355 e. The molecule has 1 atom stereocenters. The molecule has 0 bridgehead atoms. The van der Waals surface area contributed by atoms with E-state index in [1.165, 1.54) is 6.07 Å². The molecule has 1 unspecified atom stereocenters. The number of nitrogens with one attached hydrogen (secondary N) is 2. The van der Waals surface area contributed by atoms with Crippen molar-refractivity contribution in [2.45, 2.75) is 39.0 Å². The zero-order valence-corrected chi connectivity index (χ0v) is 11.6. The first-order valence-electron chi connectivity index (χ1n) is 6.51. The Bertz CT molecular complexity index is 446. The average Bonchev–Trinajstić information content (AvgIpc) is 2.41. The van der Waals surface area contributed by atoms with Gasteiger partial charge in [0.05, 0.1) is 11.6 Å². The molecule has 1 aromatic carbocycles. The van der Waals surface area contributed by atoms with Crippen LogP contribution in [0.4, 0.5) is 13.2 Å². The summed E-state index contributed by atoms with van der Waals surface area (Å²) in [6, 6.07) is 4.63. The van der Waals surface area contributed by atoms with Crippen LogP contribution >= 0.6 is 0 Å². The summed E-state index contributed by atoms with van der Waals surface area (Å²) in [6.45, 7) is 4.43. The lowest BCUT2D eigenvalue weighted by Gasteiger charge is -2.14. The van der Waals surface area contributed by atoms with E-state index in [1.807, 2.05) is 6.92 Å². The molecule has 0 aliphatic carbocycles. The number of alkyl halides is 3. The van der Waals surface area contributed by atoms with Gasteiger partial charge in [-0.25, -0.2) is 0 Å².